The molecule has 0 spiro atoms. The van der Waals surface area contributed by atoms with Crippen molar-refractivity contribution >= 4 is 17.6 Å². The second kappa shape index (κ2) is 17.0. The Morgan fingerprint density at radius 3 is 2.12 bits per heavy atom. The molecular weight excluding hydrogens is 426 g/mol. The summed E-state index contributed by atoms with van der Waals surface area (Å²) < 4.78 is 31.2. The van der Waals surface area contributed by atoms with E-state index in [1.807, 2.05) is 6.92 Å². The topological polar surface area (TPSA) is 133 Å². The summed E-state index contributed by atoms with van der Waals surface area (Å²) >= 11 is 0. The monoisotopic (exact) mass is 457 g/mol. The zero-order valence-electron chi connectivity index (χ0n) is 18.5. The van der Waals surface area contributed by atoms with Crippen LogP contribution in [0.5, 0.6) is 0 Å². The van der Waals surface area contributed by atoms with Gasteiger partial charge in [0, 0.05) is 12.7 Å². The highest BCUT2D eigenvalue weighted by Gasteiger charge is 2.26. The lowest BCUT2D eigenvalue weighted by Gasteiger charge is -2.18. The lowest BCUT2D eigenvalue weighted by Crippen LogP contribution is -2.19. The minimum Gasteiger partial charge on any atom is -0.469 e. The van der Waals surface area contributed by atoms with Crippen LogP contribution in [0.2, 0.25) is 0 Å². The molecule has 0 aliphatic carbocycles. The molecule has 0 bridgehead atoms. The van der Waals surface area contributed by atoms with Crippen LogP contribution in [0, 0.1) is 10.1 Å². The van der Waals surface area contributed by atoms with Crippen LogP contribution < -0.4 is 0 Å². The standard InChI is InChI=1S/C21H31NO10/c1-3-10-28-13-15-30-16-14-29-11-8-20(24)32-21(31-12-9-19(23)27-2)17-6-4-5-7-18(17)22(25)26/h4-7,21H,3,8-16H2,1-2H3. The molecule has 32 heavy (non-hydrogen) atoms. The molecule has 1 aromatic carbocycles. The summed E-state index contributed by atoms with van der Waals surface area (Å²) in [6.45, 7) is 4.30. The van der Waals surface area contributed by atoms with Crippen molar-refractivity contribution in [3.05, 3.63) is 39.9 Å². The fourth-order valence-electron chi connectivity index (χ4n) is 2.41. The zero-order valence-corrected chi connectivity index (χ0v) is 18.5. The third kappa shape index (κ3) is 11.7. The molecule has 1 rings (SSSR count). The van der Waals surface area contributed by atoms with Crippen LogP contribution in [0.15, 0.2) is 24.3 Å². The zero-order chi connectivity index (χ0) is 23.6. The Morgan fingerprint density at radius 1 is 0.906 bits per heavy atom. The van der Waals surface area contributed by atoms with Gasteiger partial charge in [0.15, 0.2) is 0 Å². The largest absolute Gasteiger partial charge is 0.469 e. The SMILES string of the molecule is CCCOCCOCCOCCC(=O)OC(OCCC(=O)OC)c1ccccc1[N+](=O)[O-]. The first-order chi connectivity index (χ1) is 15.5. The van der Waals surface area contributed by atoms with Crippen molar-refractivity contribution in [2.45, 2.75) is 32.5 Å². The van der Waals surface area contributed by atoms with Crippen LogP contribution in [0.1, 0.15) is 38.0 Å². The quantitative estimate of drug-likeness (QED) is 0.106. The van der Waals surface area contributed by atoms with E-state index in [0.29, 0.717) is 33.0 Å². The van der Waals surface area contributed by atoms with Crippen molar-refractivity contribution in [1.29, 1.82) is 0 Å². The van der Waals surface area contributed by atoms with E-state index in [1.165, 1.54) is 25.3 Å². The lowest BCUT2D eigenvalue weighted by atomic mass is 10.1. The Labute approximate surface area is 187 Å². The molecule has 0 N–H and O–H groups in total. The van der Waals surface area contributed by atoms with E-state index >= 15 is 0 Å². The van der Waals surface area contributed by atoms with Crippen molar-refractivity contribution in [3.63, 3.8) is 0 Å². The van der Waals surface area contributed by atoms with E-state index in [4.69, 9.17) is 23.7 Å². The Bertz CT molecular complexity index is 697. The molecular formula is C21H31NO10. The minimum absolute atomic E-state index is 0.0651. The highest BCUT2D eigenvalue weighted by Crippen LogP contribution is 2.29. The number of hydrogen-bond donors (Lipinski definition) is 0. The van der Waals surface area contributed by atoms with Gasteiger partial charge in [-0.05, 0) is 12.5 Å². The van der Waals surface area contributed by atoms with E-state index in [0.717, 1.165) is 6.42 Å². The molecule has 180 valence electrons. The van der Waals surface area contributed by atoms with Gasteiger partial charge in [0.1, 0.15) is 0 Å². The number of ether oxygens (including phenoxy) is 6. The van der Waals surface area contributed by atoms with Crippen LogP contribution in [-0.2, 0) is 38.0 Å². The summed E-state index contributed by atoms with van der Waals surface area (Å²) in [5.74, 6) is -1.19. The molecule has 11 nitrogen and oxygen atoms in total. The Kier molecular flexibility index (Phi) is 14.6. The van der Waals surface area contributed by atoms with Gasteiger partial charge in [-0.1, -0.05) is 19.1 Å². The Morgan fingerprint density at radius 2 is 1.50 bits per heavy atom. The smallest absolute Gasteiger partial charge is 0.310 e. The van der Waals surface area contributed by atoms with Gasteiger partial charge in [-0.15, -0.1) is 0 Å². The number of para-hydroxylation sites is 1. The van der Waals surface area contributed by atoms with Crippen LogP contribution in [0.25, 0.3) is 0 Å². The van der Waals surface area contributed by atoms with Gasteiger partial charge in [-0.2, -0.15) is 0 Å². The molecule has 0 heterocycles. The second-order valence-corrected chi connectivity index (χ2v) is 6.42. The van der Waals surface area contributed by atoms with Crippen LogP contribution in [-0.4, -0.2) is 70.2 Å². The van der Waals surface area contributed by atoms with E-state index in [-0.39, 0.29) is 37.3 Å². The Balaban J connectivity index is 2.47. The molecule has 0 radical (unpaired) electrons. The van der Waals surface area contributed by atoms with Crippen molar-refractivity contribution in [1.82, 2.24) is 0 Å². The van der Waals surface area contributed by atoms with Crippen molar-refractivity contribution in [3.8, 4) is 0 Å². The first-order valence-corrected chi connectivity index (χ1v) is 10.3. The molecule has 1 unspecified atom stereocenters. The van der Waals surface area contributed by atoms with E-state index in [9.17, 15) is 19.7 Å². The van der Waals surface area contributed by atoms with Crippen LogP contribution >= 0.6 is 0 Å². The maximum atomic E-state index is 12.2. The molecule has 11 heteroatoms. The number of nitro benzene ring substituents is 1. The fourth-order valence-corrected chi connectivity index (χ4v) is 2.41. The Hall–Kier alpha value is -2.60. The fraction of sp³-hybridized carbons (Fsp3) is 0.619. The van der Waals surface area contributed by atoms with Gasteiger partial charge < -0.3 is 28.4 Å². The summed E-state index contributed by atoms with van der Waals surface area (Å²) in [5, 5.41) is 11.3. The number of benzene rings is 1. The molecule has 1 aromatic rings. The summed E-state index contributed by atoms with van der Waals surface area (Å²) in [5.41, 5.74) is -0.199. The first-order valence-electron chi connectivity index (χ1n) is 10.3. The van der Waals surface area contributed by atoms with Gasteiger partial charge >= 0.3 is 11.9 Å². The summed E-state index contributed by atoms with van der Waals surface area (Å²) in [6.07, 6.45) is -0.580. The van der Waals surface area contributed by atoms with E-state index in [1.54, 1.807) is 6.07 Å². The molecule has 1 atom stereocenters. The third-order valence-corrected chi connectivity index (χ3v) is 3.97. The average Bonchev–Trinajstić information content (AvgIpc) is 2.79. The molecule has 0 saturated heterocycles. The van der Waals surface area contributed by atoms with Crippen LogP contribution in [0.4, 0.5) is 5.69 Å². The molecule has 0 aliphatic rings. The summed E-state index contributed by atoms with van der Waals surface area (Å²) in [4.78, 5) is 34.2. The number of hydrogen-bond acceptors (Lipinski definition) is 10. The second-order valence-electron chi connectivity index (χ2n) is 6.42. The first kappa shape index (κ1) is 27.4. The summed E-state index contributed by atoms with van der Waals surface area (Å²) in [7, 11) is 1.23. The van der Waals surface area contributed by atoms with Crippen molar-refractivity contribution in [2.24, 2.45) is 0 Å². The van der Waals surface area contributed by atoms with Crippen molar-refractivity contribution < 1.29 is 42.9 Å². The highest BCUT2D eigenvalue weighted by molar-refractivity contribution is 5.70. The minimum atomic E-state index is -1.35. The van der Waals surface area contributed by atoms with Gasteiger partial charge in [-0.3, -0.25) is 19.7 Å². The normalized spacial score (nSPS) is 11.7. The maximum Gasteiger partial charge on any atom is 0.310 e. The number of methoxy groups -OCH3 is 1. The van der Waals surface area contributed by atoms with Gasteiger partial charge in [0.05, 0.1) is 70.1 Å². The number of carbonyl (C=O) groups excluding carboxylic acids is 2. The number of nitrogens with zero attached hydrogens (tertiary/aromatic N) is 1. The number of rotatable bonds is 18. The number of esters is 2. The molecule has 0 saturated carbocycles. The van der Waals surface area contributed by atoms with Gasteiger partial charge in [-0.25, -0.2) is 0 Å². The predicted octanol–water partition coefficient (Wildman–Crippen LogP) is 2.57. The molecule has 0 fully saturated rings. The highest BCUT2D eigenvalue weighted by atomic mass is 16.7. The van der Waals surface area contributed by atoms with Gasteiger partial charge in [0.25, 0.3) is 5.69 Å². The van der Waals surface area contributed by atoms with Crippen LogP contribution in [0.3, 0.4) is 0 Å². The number of carbonyl (C=O) groups is 2. The molecule has 0 aromatic heterocycles. The molecule has 0 amide bonds. The maximum absolute atomic E-state index is 12.2. The third-order valence-electron chi connectivity index (χ3n) is 3.97. The summed E-state index contributed by atoms with van der Waals surface area (Å²) in [6, 6.07) is 5.74. The van der Waals surface area contributed by atoms with Gasteiger partial charge in [0.2, 0.25) is 6.29 Å². The molecule has 0 aliphatic heterocycles. The number of nitro groups is 1. The predicted molar refractivity (Wildman–Crippen MR) is 112 cm³/mol. The van der Waals surface area contributed by atoms with E-state index in [2.05, 4.69) is 4.74 Å². The average molecular weight is 457 g/mol. The van der Waals surface area contributed by atoms with E-state index < -0.39 is 23.2 Å². The lowest BCUT2D eigenvalue weighted by molar-refractivity contribution is -0.387. The van der Waals surface area contributed by atoms with Crippen molar-refractivity contribution in [2.75, 3.05) is 53.4 Å².